The summed E-state index contributed by atoms with van der Waals surface area (Å²) in [6.45, 7) is 6.66. The van der Waals surface area contributed by atoms with Crippen LogP contribution in [0.25, 0.3) is 0 Å². The van der Waals surface area contributed by atoms with Gasteiger partial charge in [-0.25, -0.2) is 9.18 Å². The van der Waals surface area contributed by atoms with Crippen molar-refractivity contribution in [3.05, 3.63) is 53.8 Å². The van der Waals surface area contributed by atoms with Crippen molar-refractivity contribution in [3.8, 4) is 6.07 Å². The molecule has 2 amide bonds. The summed E-state index contributed by atoms with van der Waals surface area (Å²) in [5, 5.41) is 17.1. The Hall–Kier alpha value is -3.60. The third kappa shape index (κ3) is 6.81. The lowest BCUT2D eigenvalue weighted by molar-refractivity contribution is -0.117. The molecule has 29 heavy (non-hydrogen) atoms. The van der Waals surface area contributed by atoms with Crippen LogP contribution in [0.1, 0.15) is 33.3 Å². The molecular formula is C21H23FN4O3. The van der Waals surface area contributed by atoms with Crippen LogP contribution in [0.15, 0.2) is 42.5 Å². The van der Waals surface area contributed by atoms with Crippen molar-refractivity contribution in [1.29, 1.82) is 5.26 Å². The van der Waals surface area contributed by atoms with Gasteiger partial charge in [-0.3, -0.25) is 4.79 Å². The molecule has 0 aromatic heterocycles. The maximum Gasteiger partial charge on any atom is 0.408 e. The zero-order valence-electron chi connectivity index (χ0n) is 16.7. The molecule has 1 atom stereocenters. The number of nitrogens with zero attached hydrogens (tertiary/aromatic N) is 1. The predicted octanol–water partition coefficient (Wildman–Crippen LogP) is 4.29. The topological polar surface area (TPSA) is 103 Å². The van der Waals surface area contributed by atoms with Gasteiger partial charge >= 0.3 is 6.09 Å². The van der Waals surface area contributed by atoms with Gasteiger partial charge in [0.05, 0.1) is 23.0 Å². The number of nitrogens with one attached hydrogen (secondary N) is 3. The Labute approximate surface area is 168 Å². The predicted molar refractivity (Wildman–Crippen MR) is 108 cm³/mol. The van der Waals surface area contributed by atoms with Crippen LogP contribution >= 0.6 is 0 Å². The van der Waals surface area contributed by atoms with Crippen molar-refractivity contribution in [2.24, 2.45) is 0 Å². The van der Waals surface area contributed by atoms with E-state index < -0.39 is 29.5 Å². The highest BCUT2D eigenvalue weighted by Gasteiger charge is 2.21. The summed E-state index contributed by atoms with van der Waals surface area (Å²) in [5.74, 6) is -1.00. The lowest BCUT2D eigenvalue weighted by atomic mass is 10.2. The van der Waals surface area contributed by atoms with E-state index in [9.17, 15) is 14.0 Å². The lowest BCUT2D eigenvalue weighted by Crippen LogP contribution is -2.44. The number of amides is 2. The third-order valence-corrected chi connectivity index (χ3v) is 3.64. The maximum atomic E-state index is 13.7. The fraction of sp³-hybridized carbons (Fsp3) is 0.286. The van der Waals surface area contributed by atoms with E-state index in [1.165, 1.54) is 25.1 Å². The number of hydrogen-bond donors (Lipinski definition) is 3. The van der Waals surface area contributed by atoms with Crippen LogP contribution in [0.2, 0.25) is 0 Å². The maximum absolute atomic E-state index is 13.7. The van der Waals surface area contributed by atoms with Crippen molar-refractivity contribution >= 4 is 29.1 Å². The number of ether oxygens (including phenoxy) is 1. The number of hydrogen-bond acceptors (Lipinski definition) is 5. The average Bonchev–Trinajstić information content (AvgIpc) is 2.62. The van der Waals surface area contributed by atoms with E-state index >= 15 is 0 Å². The van der Waals surface area contributed by atoms with Gasteiger partial charge in [-0.2, -0.15) is 5.26 Å². The molecule has 3 N–H and O–H groups in total. The first-order valence-corrected chi connectivity index (χ1v) is 8.94. The van der Waals surface area contributed by atoms with Crippen molar-refractivity contribution < 1.29 is 18.7 Å². The van der Waals surface area contributed by atoms with Gasteiger partial charge in [-0.1, -0.05) is 6.07 Å². The van der Waals surface area contributed by atoms with Gasteiger partial charge in [0.2, 0.25) is 5.91 Å². The molecule has 0 spiro atoms. The summed E-state index contributed by atoms with van der Waals surface area (Å²) in [6, 6.07) is 11.6. The second-order valence-electron chi connectivity index (χ2n) is 7.36. The molecule has 0 heterocycles. The van der Waals surface area contributed by atoms with Gasteiger partial charge in [-0.05, 0) is 64.1 Å². The van der Waals surface area contributed by atoms with Crippen molar-refractivity contribution in [1.82, 2.24) is 5.32 Å². The van der Waals surface area contributed by atoms with Gasteiger partial charge in [0, 0.05) is 5.69 Å². The molecule has 2 aromatic carbocycles. The molecule has 2 rings (SSSR count). The van der Waals surface area contributed by atoms with E-state index in [2.05, 4.69) is 16.0 Å². The van der Waals surface area contributed by atoms with E-state index in [0.29, 0.717) is 22.6 Å². The molecule has 0 aliphatic heterocycles. The van der Waals surface area contributed by atoms with Crippen LogP contribution in [0.3, 0.4) is 0 Å². The Morgan fingerprint density at radius 1 is 1.14 bits per heavy atom. The first kappa shape index (κ1) is 21.7. The molecular weight excluding hydrogens is 375 g/mol. The third-order valence-electron chi connectivity index (χ3n) is 3.64. The number of carbonyl (C=O) groups excluding carboxylic acids is 2. The van der Waals surface area contributed by atoms with E-state index in [0.717, 1.165) is 0 Å². The minimum absolute atomic E-state index is 0.304. The van der Waals surface area contributed by atoms with Crippen LogP contribution in [0.5, 0.6) is 0 Å². The lowest BCUT2D eigenvalue weighted by Gasteiger charge is -2.22. The molecule has 1 unspecified atom stereocenters. The molecule has 0 aliphatic carbocycles. The van der Waals surface area contributed by atoms with Crippen LogP contribution < -0.4 is 16.0 Å². The Morgan fingerprint density at radius 3 is 2.52 bits per heavy atom. The first-order valence-electron chi connectivity index (χ1n) is 8.94. The smallest absolute Gasteiger partial charge is 0.408 e. The Bertz CT molecular complexity index is 948. The monoisotopic (exact) mass is 398 g/mol. The summed E-state index contributed by atoms with van der Waals surface area (Å²) in [5.41, 5.74) is 0.929. The highest BCUT2D eigenvalue weighted by Crippen LogP contribution is 2.27. The van der Waals surface area contributed by atoms with Crippen LogP contribution in [-0.2, 0) is 9.53 Å². The molecule has 0 fully saturated rings. The molecule has 7 nitrogen and oxygen atoms in total. The second-order valence-corrected chi connectivity index (χ2v) is 7.36. The second kappa shape index (κ2) is 9.06. The Balaban J connectivity index is 2.13. The van der Waals surface area contributed by atoms with E-state index in [1.807, 2.05) is 6.07 Å². The van der Waals surface area contributed by atoms with Crippen LogP contribution in [0.4, 0.5) is 26.2 Å². The van der Waals surface area contributed by atoms with Gasteiger partial charge in [0.1, 0.15) is 17.5 Å². The molecule has 0 saturated carbocycles. The summed E-state index contributed by atoms with van der Waals surface area (Å²) in [6.07, 6.45) is -0.717. The number of carbonyl (C=O) groups is 2. The molecule has 0 aliphatic rings. The molecule has 8 heteroatoms. The van der Waals surface area contributed by atoms with E-state index in [1.54, 1.807) is 45.0 Å². The average molecular weight is 398 g/mol. The van der Waals surface area contributed by atoms with Gasteiger partial charge in [-0.15, -0.1) is 0 Å². The number of rotatable bonds is 5. The Kier molecular flexibility index (Phi) is 6.78. The number of halogens is 1. The Morgan fingerprint density at radius 2 is 1.86 bits per heavy atom. The molecule has 0 saturated heterocycles. The number of anilines is 3. The minimum Gasteiger partial charge on any atom is -0.444 e. The number of nitriles is 1. The fourth-order valence-corrected chi connectivity index (χ4v) is 2.34. The van der Waals surface area contributed by atoms with Gasteiger partial charge in [0.15, 0.2) is 0 Å². The zero-order chi connectivity index (χ0) is 21.6. The van der Waals surface area contributed by atoms with Gasteiger partial charge < -0.3 is 20.7 Å². The largest absolute Gasteiger partial charge is 0.444 e. The quantitative estimate of drug-likeness (QED) is 0.697. The van der Waals surface area contributed by atoms with Crippen LogP contribution in [0, 0.1) is 17.1 Å². The van der Waals surface area contributed by atoms with Crippen molar-refractivity contribution in [2.75, 3.05) is 10.6 Å². The molecule has 0 bridgehead atoms. The minimum atomic E-state index is -0.885. The van der Waals surface area contributed by atoms with Crippen LogP contribution in [-0.4, -0.2) is 23.6 Å². The summed E-state index contributed by atoms with van der Waals surface area (Å²) >= 11 is 0. The SMILES string of the molecule is CC(NC(=O)OC(C)(C)C)C(=O)Nc1ccc(F)cc1Nc1cccc(C#N)c1. The fourth-order valence-electron chi connectivity index (χ4n) is 2.34. The van der Waals surface area contributed by atoms with Crippen molar-refractivity contribution in [3.63, 3.8) is 0 Å². The molecule has 152 valence electrons. The normalized spacial score (nSPS) is 11.7. The standard InChI is InChI=1S/C21H23FN4O3/c1-13(24-20(28)29-21(2,3)4)19(27)26-17-9-8-15(22)11-18(17)25-16-7-5-6-14(10-16)12-23/h5-11,13,25H,1-4H3,(H,24,28)(H,26,27). The van der Waals surface area contributed by atoms with E-state index in [-0.39, 0.29) is 0 Å². The zero-order valence-corrected chi connectivity index (χ0v) is 16.7. The summed E-state index contributed by atoms with van der Waals surface area (Å²) < 4.78 is 18.9. The molecule has 2 aromatic rings. The van der Waals surface area contributed by atoms with E-state index in [4.69, 9.17) is 10.00 Å². The molecule has 0 radical (unpaired) electrons. The first-order chi connectivity index (χ1) is 13.6. The van der Waals surface area contributed by atoms with Crippen molar-refractivity contribution in [2.45, 2.75) is 39.3 Å². The highest BCUT2D eigenvalue weighted by atomic mass is 19.1. The number of alkyl carbamates (subject to hydrolysis) is 1. The summed E-state index contributed by atoms with van der Waals surface area (Å²) in [4.78, 5) is 24.3. The highest BCUT2D eigenvalue weighted by molar-refractivity contribution is 5.99. The van der Waals surface area contributed by atoms with Gasteiger partial charge in [0.25, 0.3) is 0 Å². The summed E-state index contributed by atoms with van der Waals surface area (Å²) in [7, 11) is 0. The number of benzene rings is 2.